The fraction of sp³-hybridized carbons (Fsp3) is 0.158. The van der Waals surface area contributed by atoms with Crippen LogP contribution in [0, 0.1) is 0 Å². The molecule has 0 radical (unpaired) electrons. The SMILES string of the molecule is CCOc1ccccc1C(=O)NCC(=O)Nc1nc(-c2cccnc2)cs1. The molecule has 0 spiro atoms. The molecule has 27 heavy (non-hydrogen) atoms. The van der Waals surface area contributed by atoms with Gasteiger partial charge >= 0.3 is 0 Å². The van der Waals surface area contributed by atoms with E-state index in [1.807, 2.05) is 24.4 Å². The van der Waals surface area contributed by atoms with Crippen molar-refractivity contribution in [1.82, 2.24) is 15.3 Å². The highest BCUT2D eigenvalue weighted by molar-refractivity contribution is 7.14. The number of hydrogen-bond donors (Lipinski definition) is 2. The zero-order chi connectivity index (χ0) is 19.1. The monoisotopic (exact) mass is 382 g/mol. The van der Waals surface area contributed by atoms with E-state index < -0.39 is 0 Å². The number of para-hydroxylation sites is 1. The van der Waals surface area contributed by atoms with Gasteiger partial charge in [0.2, 0.25) is 5.91 Å². The molecule has 0 atom stereocenters. The summed E-state index contributed by atoms with van der Waals surface area (Å²) in [5, 5.41) is 7.57. The molecule has 2 heterocycles. The van der Waals surface area contributed by atoms with Crippen molar-refractivity contribution in [3.05, 3.63) is 59.7 Å². The lowest BCUT2D eigenvalue weighted by Crippen LogP contribution is -2.33. The molecule has 138 valence electrons. The van der Waals surface area contributed by atoms with Crippen LogP contribution in [0.15, 0.2) is 54.2 Å². The van der Waals surface area contributed by atoms with Crippen molar-refractivity contribution in [2.45, 2.75) is 6.92 Å². The number of pyridine rings is 1. The third kappa shape index (κ3) is 4.89. The van der Waals surface area contributed by atoms with Gasteiger partial charge in [-0.2, -0.15) is 0 Å². The average Bonchev–Trinajstić information content (AvgIpc) is 3.16. The van der Waals surface area contributed by atoms with Gasteiger partial charge in [-0.1, -0.05) is 12.1 Å². The predicted molar refractivity (Wildman–Crippen MR) is 104 cm³/mol. The molecule has 2 aromatic heterocycles. The van der Waals surface area contributed by atoms with Gasteiger partial charge in [0.15, 0.2) is 5.13 Å². The lowest BCUT2D eigenvalue weighted by molar-refractivity contribution is -0.115. The Kier molecular flexibility index (Phi) is 6.11. The van der Waals surface area contributed by atoms with Gasteiger partial charge in [0.25, 0.3) is 5.91 Å². The average molecular weight is 382 g/mol. The molecule has 0 aliphatic carbocycles. The van der Waals surface area contributed by atoms with Gasteiger partial charge < -0.3 is 15.4 Å². The Morgan fingerprint density at radius 3 is 2.81 bits per heavy atom. The van der Waals surface area contributed by atoms with E-state index in [4.69, 9.17) is 4.74 Å². The first kappa shape index (κ1) is 18.5. The Morgan fingerprint density at radius 2 is 2.04 bits per heavy atom. The minimum absolute atomic E-state index is 0.166. The number of aromatic nitrogens is 2. The molecular formula is C19H18N4O3S. The van der Waals surface area contributed by atoms with Gasteiger partial charge in [0.1, 0.15) is 5.75 Å². The lowest BCUT2D eigenvalue weighted by atomic mass is 10.2. The first-order valence-electron chi connectivity index (χ1n) is 8.33. The third-order valence-electron chi connectivity index (χ3n) is 3.55. The first-order valence-corrected chi connectivity index (χ1v) is 9.21. The molecule has 0 unspecified atom stereocenters. The van der Waals surface area contributed by atoms with Crippen LogP contribution in [0.1, 0.15) is 17.3 Å². The highest BCUT2D eigenvalue weighted by Crippen LogP contribution is 2.24. The second-order valence-corrected chi connectivity index (χ2v) is 6.30. The topological polar surface area (TPSA) is 93.2 Å². The summed E-state index contributed by atoms with van der Waals surface area (Å²) in [4.78, 5) is 32.8. The van der Waals surface area contributed by atoms with E-state index in [0.717, 1.165) is 11.3 Å². The van der Waals surface area contributed by atoms with Crippen LogP contribution in [0.25, 0.3) is 11.3 Å². The Labute approximate surface area is 160 Å². The van der Waals surface area contributed by atoms with Crippen molar-refractivity contribution in [2.75, 3.05) is 18.5 Å². The number of amides is 2. The van der Waals surface area contributed by atoms with Gasteiger partial charge in [-0.15, -0.1) is 11.3 Å². The van der Waals surface area contributed by atoms with E-state index in [1.165, 1.54) is 11.3 Å². The first-order chi connectivity index (χ1) is 13.2. The quantitative estimate of drug-likeness (QED) is 0.655. The van der Waals surface area contributed by atoms with Gasteiger partial charge in [0, 0.05) is 23.3 Å². The fourth-order valence-electron chi connectivity index (χ4n) is 2.33. The summed E-state index contributed by atoms with van der Waals surface area (Å²) in [5.41, 5.74) is 1.99. The van der Waals surface area contributed by atoms with E-state index in [9.17, 15) is 9.59 Å². The number of hydrogen-bond acceptors (Lipinski definition) is 6. The van der Waals surface area contributed by atoms with E-state index in [0.29, 0.717) is 23.1 Å². The number of anilines is 1. The zero-order valence-electron chi connectivity index (χ0n) is 14.6. The molecule has 0 bridgehead atoms. The molecule has 0 aliphatic heterocycles. The molecule has 3 aromatic rings. The molecule has 0 saturated carbocycles. The molecule has 0 aliphatic rings. The Hall–Kier alpha value is -3.26. The predicted octanol–water partition coefficient (Wildman–Crippen LogP) is 2.97. The maximum atomic E-state index is 12.3. The van der Waals surface area contributed by atoms with Gasteiger partial charge in [-0.05, 0) is 31.2 Å². The molecule has 8 heteroatoms. The van der Waals surface area contributed by atoms with Crippen molar-refractivity contribution < 1.29 is 14.3 Å². The minimum Gasteiger partial charge on any atom is -0.493 e. The summed E-state index contributed by atoms with van der Waals surface area (Å²) in [6, 6.07) is 10.6. The Balaban J connectivity index is 1.56. The third-order valence-corrected chi connectivity index (χ3v) is 4.31. The van der Waals surface area contributed by atoms with Gasteiger partial charge in [-0.3, -0.25) is 14.6 Å². The van der Waals surface area contributed by atoms with Crippen LogP contribution in [-0.4, -0.2) is 34.9 Å². The Bertz CT molecular complexity index is 927. The van der Waals surface area contributed by atoms with E-state index >= 15 is 0 Å². The Morgan fingerprint density at radius 1 is 1.19 bits per heavy atom. The molecule has 7 nitrogen and oxygen atoms in total. The summed E-state index contributed by atoms with van der Waals surface area (Å²) in [6.45, 7) is 2.13. The van der Waals surface area contributed by atoms with Gasteiger partial charge in [0.05, 0.1) is 24.4 Å². The number of carbonyl (C=O) groups is 2. The smallest absolute Gasteiger partial charge is 0.255 e. The second-order valence-electron chi connectivity index (χ2n) is 5.44. The number of thiazole rings is 1. The van der Waals surface area contributed by atoms with Crippen molar-refractivity contribution in [1.29, 1.82) is 0 Å². The van der Waals surface area contributed by atoms with Crippen molar-refractivity contribution in [2.24, 2.45) is 0 Å². The number of benzene rings is 1. The molecule has 2 N–H and O–H groups in total. The van der Waals surface area contributed by atoms with Crippen molar-refractivity contribution in [3.63, 3.8) is 0 Å². The number of ether oxygens (including phenoxy) is 1. The molecule has 0 fully saturated rings. The highest BCUT2D eigenvalue weighted by Gasteiger charge is 2.14. The lowest BCUT2D eigenvalue weighted by Gasteiger charge is -2.10. The van der Waals surface area contributed by atoms with Crippen LogP contribution in [0.5, 0.6) is 5.75 Å². The van der Waals surface area contributed by atoms with Crippen LogP contribution < -0.4 is 15.4 Å². The van der Waals surface area contributed by atoms with Crippen LogP contribution >= 0.6 is 11.3 Å². The van der Waals surface area contributed by atoms with Crippen LogP contribution in [0.2, 0.25) is 0 Å². The summed E-state index contributed by atoms with van der Waals surface area (Å²) >= 11 is 1.31. The van der Waals surface area contributed by atoms with E-state index in [2.05, 4.69) is 20.6 Å². The normalized spacial score (nSPS) is 10.3. The zero-order valence-corrected chi connectivity index (χ0v) is 15.5. The van der Waals surface area contributed by atoms with Crippen LogP contribution in [-0.2, 0) is 4.79 Å². The van der Waals surface area contributed by atoms with Crippen LogP contribution in [0.4, 0.5) is 5.13 Å². The summed E-state index contributed by atoms with van der Waals surface area (Å²) in [5.74, 6) is -0.243. The van der Waals surface area contributed by atoms with Crippen molar-refractivity contribution >= 4 is 28.3 Å². The molecular weight excluding hydrogens is 364 g/mol. The number of rotatable bonds is 7. The maximum absolute atomic E-state index is 12.3. The number of nitrogens with zero attached hydrogens (tertiary/aromatic N) is 2. The van der Waals surface area contributed by atoms with Crippen molar-refractivity contribution in [3.8, 4) is 17.0 Å². The van der Waals surface area contributed by atoms with E-state index in [1.54, 1.807) is 36.7 Å². The van der Waals surface area contributed by atoms with E-state index in [-0.39, 0.29) is 18.4 Å². The second kappa shape index (κ2) is 8.91. The standard InChI is InChI=1S/C19H18N4O3S/c1-2-26-16-8-4-3-7-14(16)18(25)21-11-17(24)23-19-22-15(12-27-19)13-6-5-9-20-10-13/h3-10,12H,2,11H2,1H3,(H,21,25)(H,22,23,24). The largest absolute Gasteiger partial charge is 0.493 e. The fourth-order valence-corrected chi connectivity index (χ4v) is 3.07. The number of nitrogens with one attached hydrogen (secondary N) is 2. The molecule has 3 rings (SSSR count). The minimum atomic E-state index is -0.371. The summed E-state index contributed by atoms with van der Waals surface area (Å²) < 4.78 is 5.43. The van der Waals surface area contributed by atoms with Gasteiger partial charge in [-0.25, -0.2) is 4.98 Å². The maximum Gasteiger partial charge on any atom is 0.255 e. The van der Waals surface area contributed by atoms with Crippen LogP contribution in [0.3, 0.4) is 0 Å². The molecule has 1 aromatic carbocycles. The molecule has 2 amide bonds. The molecule has 0 saturated heterocycles. The summed E-state index contributed by atoms with van der Waals surface area (Å²) in [7, 11) is 0. The highest BCUT2D eigenvalue weighted by atomic mass is 32.1. The number of carbonyl (C=O) groups excluding carboxylic acids is 2. The summed E-state index contributed by atoms with van der Waals surface area (Å²) in [6.07, 6.45) is 3.39.